The Labute approximate surface area is 209 Å². The Hall–Kier alpha value is -3.28. The van der Waals surface area contributed by atoms with Crippen LogP contribution in [0.4, 0.5) is 5.69 Å². The van der Waals surface area contributed by atoms with Crippen molar-refractivity contribution in [2.75, 3.05) is 11.9 Å². The van der Waals surface area contributed by atoms with Crippen LogP contribution in [-0.4, -0.2) is 23.6 Å². The number of rotatable bonds is 9. The number of carbonyl (C=O) groups excluding carboxylic acids is 1. The fourth-order valence-corrected chi connectivity index (χ4v) is 3.98. The summed E-state index contributed by atoms with van der Waals surface area (Å²) in [5, 5.41) is 12.7. The zero-order chi connectivity index (χ0) is 24.7. The Morgan fingerprint density at radius 3 is 2.32 bits per heavy atom. The average molecular weight is 498 g/mol. The summed E-state index contributed by atoms with van der Waals surface area (Å²) in [6.07, 6.45) is 2.90. The fourth-order valence-electron chi connectivity index (χ4n) is 3.37. The van der Waals surface area contributed by atoms with Crippen LogP contribution in [0, 0.1) is 6.92 Å². The van der Waals surface area contributed by atoms with E-state index in [1.54, 1.807) is 24.3 Å². The average Bonchev–Trinajstić information content (AvgIpc) is 2.79. The number of hydrogen-bond acceptors (Lipinski definition) is 3. The van der Waals surface area contributed by atoms with Gasteiger partial charge < -0.3 is 15.2 Å². The molecule has 0 saturated heterocycles. The molecule has 0 aliphatic rings. The fraction of sp³-hybridized carbons (Fsp3) is 0.185. The van der Waals surface area contributed by atoms with Crippen LogP contribution in [0.25, 0.3) is 16.7 Å². The van der Waals surface area contributed by atoms with Gasteiger partial charge in [0.15, 0.2) is 6.61 Å². The molecule has 0 heterocycles. The predicted octanol–water partition coefficient (Wildman–Crippen LogP) is 7.25. The highest BCUT2D eigenvalue weighted by molar-refractivity contribution is 6.34. The minimum Gasteiger partial charge on any atom is -0.482 e. The smallest absolute Gasteiger partial charge is 0.341 e. The van der Waals surface area contributed by atoms with Gasteiger partial charge in [0.1, 0.15) is 5.75 Å². The Morgan fingerprint density at radius 2 is 1.68 bits per heavy atom. The van der Waals surface area contributed by atoms with Crippen LogP contribution < -0.4 is 10.1 Å². The molecule has 0 radical (unpaired) electrons. The highest BCUT2D eigenvalue weighted by atomic mass is 35.5. The summed E-state index contributed by atoms with van der Waals surface area (Å²) in [7, 11) is 0. The van der Waals surface area contributed by atoms with Gasteiger partial charge in [0, 0.05) is 11.4 Å². The molecule has 5 nitrogen and oxygen atoms in total. The molecular weight excluding hydrogens is 473 g/mol. The van der Waals surface area contributed by atoms with Crippen molar-refractivity contribution in [1.82, 2.24) is 0 Å². The first-order valence-corrected chi connectivity index (χ1v) is 11.5. The molecule has 0 saturated carbocycles. The second-order valence-corrected chi connectivity index (χ2v) is 8.67. The first kappa shape index (κ1) is 25.3. The minimum atomic E-state index is -1.03. The number of aryl methyl sites for hydroxylation is 1. The molecule has 1 amide bonds. The van der Waals surface area contributed by atoms with Gasteiger partial charge >= 0.3 is 5.97 Å². The van der Waals surface area contributed by atoms with Crippen molar-refractivity contribution >= 4 is 46.3 Å². The highest BCUT2D eigenvalue weighted by Gasteiger charge is 2.09. The Bertz CT molecular complexity index is 1220. The van der Waals surface area contributed by atoms with Gasteiger partial charge in [-0.15, -0.1) is 0 Å². The standard InChI is InChI=1S/C27H25Cl2NO4/c1-17-6-12-22(23(28)14-17)18(2)4-3-5-26(31)30-25-13-9-20(15-24(25)29)19-7-10-21(11-8-19)34-16-27(32)33/h4,6-15H,3,5,16H2,1-2H3,(H,30,31)(H,32,33)/b18-4-. The molecule has 3 aromatic rings. The Morgan fingerprint density at radius 1 is 0.971 bits per heavy atom. The molecule has 3 rings (SSSR count). The van der Waals surface area contributed by atoms with Crippen molar-refractivity contribution < 1.29 is 19.4 Å². The Balaban J connectivity index is 1.57. The zero-order valence-electron chi connectivity index (χ0n) is 18.9. The molecule has 0 atom stereocenters. The van der Waals surface area contributed by atoms with Crippen molar-refractivity contribution in [2.45, 2.75) is 26.7 Å². The molecule has 0 fully saturated rings. The molecule has 0 aliphatic heterocycles. The van der Waals surface area contributed by atoms with E-state index in [0.717, 1.165) is 27.8 Å². The highest BCUT2D eigenvalue weighted by Crippen LogP contribution is 2.30. The number of amides is 1. The van der Waals surface area contributed by atoms with Crippen molar-refractivity contribution in [2.24, 2.45) is 0 Å². The quantitative estimate of drug-likeness (QED) is 0.326. The number of carboxylic acid groups (broad SMARTS) is 1. The molecule has 0 bridgehead atoms. The van der Waals surface area contributed by atoms with E-state index >= 15 is 0 Å². The molecule has 176 valence electrons. The van der Waals surface area contributed by atoms with Crippen molar-refractivity contribution in [1.29, 1.82) is 0 Å². The van der Waals surface area contributed by atoms with Crippen LogP contribution in [0.3, 0.4) is 0 Å². The molecule has 0 spiro atoms. The monoisotopic (exact) mass is 497 g/mol. The second kappa shape index (κ2) is 11.7. The van der Waals surface area contributed by atoms with Crippen molar-refractivity contribution in [3.63, 3.8) is 0 Å². The SMILES string of the molecule is C/C(=C/CCC(=O)Nc1ccc(-c2ccc(OCC(=O)O)cc2)cc1Cl)c1ccc(C)cc1Cl. The van der Waals surface area contributed by atoms with E-state index in [-0.39, 0.29) is 5.91 Å². The third kappa shape index (κ3) is 7.11. The van der Waals surface area contributed by atoms with Crippen LogP contribution in [0.2, 0.25) is 10.0 Å². The van der Waals surface area contributed by atoms with E-state index in [9.17, 15) is 9.59 Å². The first-order valence-electron chi connectivity index (χ1n) is 10.7. The van der Waals surface area contributed by atoms with Gasteiger partial charge in [0.25, 0.3) is 0 Å². The molecule has 3 aromatic carbocycles. The van der Waals surface area contributed by atoms with Gasteiger partial charge in [0.05, 0.1) is 10.7 Å². The van der Waals surface area contributed by atoms with Gasteiger partial charge in [-0.3, -0.25) is 4.79 Å². The van der Waals surface area contributed by atoms with E-state index in [1.807, 2.05) is 56.3 Å². The van der Waals surface area contributed by atoms with E-state index in [4.69, 9.17) is 33.0 Å². The number of aliphatic carboxylic acids is 1. The van der Waals surface area contributed by atoms with E-state index in [2.05, 4.69) is 5.32 Å². The van der Waals surface area contributed by atoms with Gasteiger partial charge in [-0.05, 0) is 78.4 Å². The second-order valence-electron chi connectivity index (χ2n) is 7.86. The maximum Gasteiger partial charge on any atom is 0.341 e. The topological polar surface area (TPSA) is 75.6 Å². The summed E-state index contributed by atoms with van der Waals surface area (Å²) >= 11 is 12.7. The molecule has 34 heavy (non-hydrogen) atoms. The molecule has 7 heteroatoms. The number of anilines is 1. The molecular formula is C27H25Cl2NO4. The largest absolute Gasteiger partial charge is 0.482 e. The van der Waals surface area contributed by atoms with Gasteiger partial charge in [-0.1, -0.05) is 59.6 Å². The summed E-state index contributed by atoms with van der Waals surface area (Å²) in [5.74, 6) is -0.695. The normalized spacial score (nSPS) is 11.2. The lowest BCUT2D eigenvalue weighted by Gasteiger charge is -2.10. The van der Waals surface area contributed by atoms with Crippen LogP contribution in [0.15, 0.2) is 66.7 Å². The number of carboxylic acids is 1. The number of benzene rings is 3. The van der Waals surface area contributed by atoms with Crippen LogP contribution in [0.1, 0.15) is 30.9 Å². The van der Waals surface area contributed by atoms with Crippen molar-refractivity contribution in [3.8, 4) is 16.9 Å². The number of hydrogen-bond donors (Lipinski definition) is 2. The Kier molecular flexibility index (Phi) is 8.74. The molecule has 0 aromatic heterocycles. The predicted molar refractivity (Wildman–Crippen MR) is 138 cm³/mol. The minimum absolute atomic E-state index is 0.131. The number of allylic oxidation sites excluding steroid dienone is 2. The van der Waals surface area contributed by atoms with Gasteiger partial charge in [0.2, 0.25) is 5.91 Å². The van der Waals surface area contributed by atoms with Gasteiger partial charge in [-0.25, -0.2) is 4.79 Å². The summed E-state index contributed by atoms with van der Waals surface area (Å²) in [4.78, 5) is 23.0. The van der Waals surface area contributed by atoms with E-state index in [1.165, 1.54) is 0 Å². The lowest BCUT2D eigenvalue weighted by molar-refractivity contribution is -0.139. The molecule has 0 aliphatic carbocycles. The van der Waals surface area contributed by atoms with Crippen molar-refractivity contribution in [3.05, 3.63) is 87.9 Å². The number of halogens is 2. The lowest BCUT2D eigenvalue weighted by atomic mass is 10.0. The number of nitrogens with one attached hydrogen (secondary N) is 1. The molecule has 2 N–H and O–H groups in total. The first-order chi connectivity index (χ1) is 16.2. The third-order valence-electron chi connectivity index (χ3n) is 5.16. The zero-order valence-corrected chi connectivity index (χ0v) is 20.4. The molecule has 0 unspecified atom stereocenters. The van der Waals surface area contributed by atoms with Crippen LogP contribution in [0.5, 0.6) is 5.75 Å². The number of carbonyl (C=O) groups is 2. The maximum absolute atomic E-state index is 12.4. The van der Waals surface area contributed by atoms with E-state index in [0.29, 0.717) is 34.3 Å². The van der Waals surface area contributed by atoms with Gasteiger partial charge in [-0.2, -0.15) is 0 Å². The van der Waals surface area contributed by atoms with Crippen LogP contribution in [-0.2, 0) is 9.59 Å². The summed E-state index contributed by atoms with van der Waals surface area (Å²) < 4.78 is 5.14. The number of ether oxygens (including phenoxy) is 1. The van der Waals surface area contributed by atoms with E-state index < -0.39 is 12.6 Å². The maximum atomic E-state index is 12.4. The summed E-state index contributed by atoms with van der Waals surface area (Å²) in [5.41, 5.74) is 5.39. The summed E-state index contributed by atoms with van der Waals surface area (Å²) in [6.45, 7) is 3.58. The lowest BCUT2D eigenvalue weighted by Crippen LogP contribution is -2.11. The third-order valence-corrected chi connectivity index (χ3v) is 5.79. The van der Waals surface area contributed by atoms with Crippen LogP contribution >= 0.6 is 23.2 Å². The summed E-state index contributed by atoms with van der Waals surface area (Å²) in [6, 6.07) is 18.3.